The van der Waals surface area contributed by atoms with E-state index in [4.69, 9.17) is 4.74 Å². The fourth-order valence-electron chi connectivity index (χ4n) is 2.41. The number of carbonyl (C=O) groups excluding carboxylic acids is 1. The fourth-order valence-corrected chi connectivity index (χ4v) is 2.41. The molecule has 0 aliphatic rings. The molecule has 5 heteroatoms. The quantitative estimate of drug-likeness (QED) is 0.892. The van der Waals surface area contributed by atoms with Gasteiger partial charge in [0.1, 0.15) is 0 Å². The van der Waals surface area contributed by atoms with E-state index in [0.717, 1.165) is 17.1 Å². The first-order chi connectivity index (χ1) is 10.5. The van der Waals surface area contributed by atoms with E-state index in [1.54, 1.807) is 7.11 Å². The van der Waals surface area contributed by atoms with E-state index in [0.29, 0.717) is 19.6 Å². The van der Waals surface area contributed by atoms with E-state index >= 15 is 0 Å². The number of aryl methyl sites for hydroxylation is 2. The van der Waals surface area contributed by atoms with E-state index in [1.165, 1.54) is 11.1 Å². The SMILES string of the molecule is COCCC(=O)Nc1c(C)nn(Cc2cccc(C)c2)c1C. The molecular formula is C17H23N3O2. The summed E-state index contributed by atoms with van der Waals surface area (Å²) in [7, 11) is 1.59. The van der Waals surface area contributed by atoms with Gasteiger partial charge in [-0.05, 0) is 26.3 Å². The van der Waals surface area contributed by atoms with Crippen molar-refractivity contribution in [2.75, 3.05) is 19.0 Å². The number of ether oxygens (including phenoxy) is 1. The second kappa shape index (κ2) is 7.22. The Labute approximate surface area is 131 Å². The van der Waals surface area contributed by atoms with E-state index < -0.39 is 0 Å². The van der Waals surface area contributed by atoms with Crippen molar-refractivity contribution in [1.82, 2.24) is 9.78 Å². The Morgan fingerprint density at radius 1 is 1.32 bits per heavy atom. The third kappa shape index (κ3) is 3.95. The minimum absolute atomic E-state index is 0.0526. The maximum Gasteiger partial charge on any atom is 0.226 e. The molecule has 1 N–H and O–H groups in total. The number of nitrogens with one attached hydrogen (secondary N) is 1. The van der Waals surface area contributed by atoms with Gasteiger partial charge in [-0.15, -0.1) is 0 Å². The summed E-state index contributed by atoms with van der Waals surface area (Å²) in [6, 6.07) is 8.35. The van der Waals surface area contributed by atoms with Crippen LogP contribution in [0.1, 0.15) is 28.9 Å². The topological polar surface area (TPSA) is 56.1 Å². The van der Waals surface area contributed by atoms with Gasteiger partial charge in [0.2, 0.25) is 5.91 Å². The van der Waals surface area contributed by atoms with Crippen LogP contribution in [0, 0.1) is 20.8 Å². The van der Waals surface area contributed by atoms with Crippen molar-refractivity contribution in [2.24, 2.45) is 0 Å². The fraction of sp³-hybridized carbons (Fsp3) is 0.412. The number of hydrogen-bond donors (Lipinski definition) is 1. The standard InChI is InChI=1S/C17H23N3O2/c1-12-6-5-7-15(10-12)11-20-14(3)17(13(2)19-20)18-16(21)8-9-22-4/h5-7,10H,8-9,11H2,1-4H3,(H,18,21). The smallest absolute Gasteiger partial charge is 0.226 e. The van der Waals surface area contributed by atoms with Gasteiger partial charge in [-0.25, -0.2) is 0 Å². The normalized spacial score (nSPS) is 10.7. The highest BCUT2D eigenvalue weighted by Gasteiger charge is 2.14. The van der Waals surface area contributed by atoms with Gasteiger partial charge < -0.3 is 10.1 Å². The summed E-state index contributed by atoms with van der Waals surface area (Å²) < 4.78 is 6.85. The molecular weight excluding hydrogens is 278 g/mol. The minimum atomic E-state index is -0.0526. The summed E-state index contributed by atoms with van der Waals surface area (Å²) in [6.45, 7) is 7.07. The van der Waals surface area contributed by atoms with Crippen molar-refractivity contribution < 1.29 is 9.53 Å². The second-order valence-corrected chi connectivity index (χ2v) is 5.48. The van der Waals surface area contributed by atoms with E-state index in [1.807, 2.05) is 24.6 Å². The van der Waals surface area contributed by atoms with Gasteiger partial charge >= 0.3 is 0 Å². The van der Waals surface area contributed by atoms with Crippen molar-refractivity contribution in [3.8, 4) is 0 Å². The Hall–Kier alpha value is -2.14. The van der Waals surface area contributed by atoms with Crippen LogP contribution in [0.2, 0.25) is 0 Å². The summed E-state index contributed by atoms with van der Waals surface area (Å²) in [5.74, 6) is -0.0526. The monoisotopic (exact) mass is 301 g/mol. The van der Waals surface area contributed by atoms with Crippen molar-refractivity contribution >= 4 is 11.6 Å². The van der Waals surface area contributed by atoms with Crippen LogP contribution in [0.5, 0.6) is 0 Å². The van der Waals surface area contributed by atoms with Gasteiger partial charge in [0, 0.05) is 7.11 Å². The molecule has 0 aliphatic heterocycles. The Balaban J connectivity index is 2.14. The molecule has 0 bridgehead atoms. The molecule has 1 amide bonds. The van der Waals surface area contributed by atoms with Gasteiger partial charge in [0.25, 0.3) is 0 Å². The molecule has 0 radical (unpaired) electrons. The Morgan fingerprint density at radius 3 is 2.77 bits per heavy atom. The van der Waals surface area contributed by atoms with Gasteiger partial charge in [-0.3, -0.25) is 9.48 Å². The average Bonchev–Trinajstić information content (AvgIpc) is 2.73. The number of anilines is 1. The van der Waals surface area contributed by atoms with E-state index in [-0.39, 0.29) is 5.91 Å². The molecule has 0 spiro atoms. The van der Waals surface area contributed by atoms with Crippen LogP contribution in [0.3, 0.4) is 0 Å². The highest BCUT2D eigenvalue weighted by Crippen LogP contribution is 2.20. The van der Waals surface area contributed by atoms with Crippen LogP contribution in [-0.2, 0) is 16.1 Å². The zero-order valence-corrected chi connectivity index (χ0v) is 13.6. The number of carbonyl (C=O) groups is 1. The molecule has 1 aromatic heterocycles. The number of methoxy groups -OCH3 is 1. The first-order valence-electron chi connectivity index (χ1n) is 7.39. The predicted octanol–water partition coefficient (Wildman–Crippen LogP) is 2.83. The molecule has 0 saturated carbocycles. The van der Waals surface area contributed by atoms with Crippen molar-refractivity contribution in [3.63, 3.8) is 0 Å². The van der Waals surface area contributed by atoms with Crippen molar-refractivity contribution in [1.29, 1.82) is 0 Å². The molecule has 0 aliphatic carbocycles. The summed E-state index contributed by atoms with van der Waals surface area (Å²) in [4.78, 5) is 11.9. The first-order valence-corrected chi connectivity index (χ1v) is 7.39. The van der Waals surface area contributed by atoms with Crippen molar-refractivity contribution in [3.05, 3.63) is 46.8 Å². The molecule has 1 heterocycles. The molecule has 0 unspecified atom stereocenters. The lowest BCUT2D eigenvalue weighted by Gasteiger charge is -2.07. The first kappa shape index (κ1) is 16.2. The van der Waals surface area contributed by atoms with Crippen molar-refractivity contribution in [2.45, 2.75) is 33.7 Å². The van der Waals surface area contributed by atoms with Crippen LogP contribution in [0.25, 0.3) is 0 Å². The Morgan fingerprint density at radius 2 is 2.09 bits per heavy atom. The van der Waals surface area contributed by atoms with Crippen LogP contribution in [-0.4, -0.2) is 29.4 Å². The van der Waals surface area contributed by atoms with E-state index in [2.05, 4.69) is 35.5 Å². The molecule has 118 valence electrons. The van der Waals surface area contributed by atoms with Crippen LogP contribution in [0.4, 0.5) is 5.69 Å². The number of nitrogens with zero attached hydrogens (tertiary/aromatic N) is 2. The van der Waals surface area contributed by atoms with Gasteiger partial charge in [0.15, 0.2) is 0 Å². The lowest BCUT2D eigenvalue weighted by atomic mass is 10.1. The highest BCUT2D eigenvalue weighted by atomic mass is 16.5. The number of amides is 1. The number of hydrogen-bond acceptors (Lipinski definition) is 3. The summed E-state index contributed by atoms with van der Waals surface area (Å²) >= 11 is 0. The molecule has 2 aromatic rings. The predicted molar refractivity (Wildman–Crippen MR) is 87.1 cm³/mol. The third-order valence-corrected chi connectivity index (χ3v) is 3.59. The summed E-state index contributed by atoms with van der Waals surface area (Å²) in [6.07, 6.45) is 0.346. The maximum atomic E-state index is 11.9. The van der Waals surface area contributed by atoms with Crippen LogP contribution >= 0.6 is 0 Å². The average molecular weight is 301 g/mol. The lowest BCUT2D eigenvalue weighted by molar-refractivity contribution is -0.117. The Bertz CT molecular complexity index is 662. The van der Waals surface area contributed by atoms with Gasteiger partial charge in [-0.1, -0.05) is 29.8 Å². The molecule has 0 atom stereocenters. The van der Waals surface area contributed by atoms with Gasteiger partial charge in [-0.2, -0.15) is 5.10 Å². The second-order valence-electron chi connectivity index (χ2n) is 5.48. The van der Waals surface area contributed by atoms with E-state index in [9.17, 15) is 4.79 Å². The van der Waals surface area contributed by atoms with Gasteiger partial charge in [0.05, 0.1) is 36.6 Å². The zero-order valence-electron chi connectivity index (χ0n) is 13.6. The Kier molecular flexibility index (Phi) is 5.33. The number of aromatic nitrogens is 2. The molecule has 0 saturated heterocycles. The van der Waals surface area contributed by atoms with Crippen LogP contribution < -0.4 is 5.32 Å². The number of rotatable bonds is 6. The highest BCUT2D eigenvalue weighted by molar-refractivity contribution is 5.91. The maximum absolute atomic E-state index is 11.9. The molecule has 2 rings (SSSR count). The van der Waals surface area contributed by atoms with Crippen LogP contribution in [0.15, 0.2) is 24.3 Å². The third-order valence-electron chi connectivity index (χ3n) is 3.59. The summed E-state index contributed by atoms with van der Waals surface area (Å²) in [5, 5.41) is 7.47. The zero-order chi connectivity index (χ0) is 16.1. The molecule has 1 aromatic carbocycles. The largest absolute Gasteiger partial charge is 0.384 e. The number of benzene rings is 1. The minimum Gasteiger partial charge on any atom is -0.384 e. The summed E-state index contributed by atoms with van der Waals surface area (Å²) in [5.41, 5.74) is 5.02. The molecule has 0 fully saturated rings. The molecule has 22 heavy (non-hydrogen) atoms. The molecule has 5 nitrogen and oxygen atoms in total. The lowest BCUT2D eigenvalue weighted by Crippen LogP contribution is -2.14.